The summed E-state index contributed by atoms with van der Waals surface area (Å²) >= 11 is 0. The molecule has 0 saturated heterocycles. The van der Waals surface area contributed by atoms with Gasteiger partial charge < -0.3 is 16.0 Å². The number of amides is 1. The van der Waals surface area contributed by atoms with Gasteiger partial charge in [-0.2, -0.15) is 5.10 Å². The number of nitrogens with two attached hydrogens (primary N) is 1. The Morgan fingerprint density at radius 2 is 2.09 bits per heavy atom. The summed E-state index contributed by atoms with van der Waals surface area (Å²) in [5.74, 6) is 1.64. The summed E-state index contributed by atoms with van der Waals surface area (Å²) in [7, 11) is 1.87. The minimum absolute atomic E-state index is 0.0561. The van der Waals surface area contributed by atoms with Crippen LogP contribution in [0.15, 0.2) is 30.7 Å². The number of hydrogen-bond donors (Lipinski definition) is 2. The van der Waals surface area contributed by atoms with Gasteiger partial charge in [-0.15, -0.1) is 0 Å². The molecule has 23 heavy (non-hydrogen) atoms. The summed E-state index contributed by atoms with van der Waals surface area (Å²) in [5.41, 5.74) is 8.02. The Hall–Kier alpha value is -2.08. The van der Waals surface area contributed by atoms with Crippen molar-refractivity contribution in [3.63, 3.8) is 0 Å². The van der Waals surface area contributed by atoms with Gasteiger partial charge >= 0.3 is 0 Å². The van der Waals surface area contributed by atoms with E-state index in [1.165, 1.54) is 0 Å². The lowest BCUT2D eigenvalue weighted by atomic mass is 9.81. The fourth-order valence-corrected chi connectivity index (χ4v) is 3.48. The highest BCUT2D eigenvalue weighted by Crippen LogP contribution is 2.33. The summed E-state index contributed by atoms with van der Waals surface area (Å²) in [5, 5.41) is 7.48. The molecule has 0 unspecified atom stereocenters. The van der Waals surface area contributed by atoms with E-state index in [0.29, 0.717) is 23.9 Å². The van der Waals surface area contributed by atoms with E-state index in [2.05, 4.69) is 23.6 Å². The molecule has 1 aromatic heterocycles. The van der Waals surface area contributed by atoms with Gasteiger partial charge in [0.05, 0.1) is 24.1 Å². The molecule has 1 aliphatic heterocycles. The molecule has 2 heterocycles. The molecule has 1 fully saturated rings. The van der Waals surface area contributed by atoms with Crippen molar-refractivity contribution in [2.45, 2.75) is 32.2 Å². The summed E-state index contributed by atoms with van der Waals surface area (Å²) in [4.78, 5) is 14.8. The molecule has 0 aromatic carbocycles. The smallest absolute Gasteiger partial charge is 0.230 e. The molecular formula is C17H25N5O. The zero-order chi connectivity index (χ0) is 16.6. The number of rotatable bonds is 2. The molecule has 6 nitrogen and oxygen atoms in total. The molecule has 6 heteroatoms. The number of carbonyl (C=O) groups excluding carboxylic acids is 1. The van der Waals surface area contributed by atoms with E-state index in [9.17, 15) is 4.79 Å². The first-order chi connectivity index (χ1) is 11.0. The molecule has 1 aliphatic carbocycles. The molecule has 1 aromatic rings. The second-order valence-corrected chi connectivity index (χ2v) is 6.57. The predicted molar refractivity (Wildman–Crippen MR) is 90.2 cm³/mol. The maximum absolute atomic E-state index is 13.0. The fourth-order valence-electron chi connectivity index (χ4n) is 3.48. The number of aromatic nitrogens is 2. The van der Waals surface area contributed by atoms with E-state index in [1.807, 2.05) is 7.05 Å². The first-order valence-electron chi connectivity index (χ1n) is 8.18. The Morgan fingerprint density at radius 1 is 1.39 bits per heavy atom. The Labute approximate surface area is 137 Å². The monoisotopic (exact) mass is 315 g/mol. The van der Waals surface area contributed by atoms with Crippen molar-refractivity contribution in [1.82, 2.24) is 14.7 Å². The molecule has 0 spiro atoms. The minimum Gasteiger partial charge on any atom is -0.339 e. The lowest BCUT2D eigenvalue weighted by Crippen LogP contribution is -2.37. The number of anilines is 1. The van der Waals surface area contributed by atoms with Crippen LogP contribution in [0.2, 0.25) is 0 Å². The van der Waals surface area contributed by atoms with Crippen molar-refractivity contribution in [2.24, 2.45) is 24.6 Å². The molecule has 3 N–H and O–H groups in total. The van der Waals surface area contributed by atoms with Gasteiger partial charge in [-0.05, 0) is 38.1 Å². The standard InChI is InChI=1S/C17H25N5O/c1-11-12(2)22(10-15-9-19-21(3)16(15)20-11)17(23)14-6-4-13(8-18)5-7-14/h9,13-14,20H,1-2,4-8,10,18H2,3H3. The number of fused-ring (bicyclic) bond motifs is 1. The van der Waals surface area contributed by atoms with Gasteiger partial charge in [0.1, 0.15) is 5.82 Å². The van der Waals surface area contributed by atoms with Crippen molar-refractivity contribution in [3.8, 4) is 0 Å². The largest absolute Gasteiger partial charge is 0.339 e. The van der Waals surface area contributed by atoms with Gasteiger partial charge in [0, 0.05) is 18.5 Å². The van der Waals surface area contributed by atoms with E-state index in [4.69, 9.17) is 5.73 Å². The summed E-state index contributed by atoms with van der Waals surface area (Å²) < 4.78 is 1.76. The summed E-state index contributed by atoms with van der Waals surface area (Å²) in [6.45, 7) is 9.29. The minimum atomic E-state index is 0.0561. The molecule has 0 bridgehead atoms. The molecule has 1 saturated carbocycles. The highest BCUT2D eigenvalue weighted by Gasteiger charge is 2.33. The van der Waals surface area contributed by atoms with Crippen LogP contribution in [-0.2, 0) is 18.4 Å². The number of nitrogens with one attached hydrogen (secondary N) is 1. The van der Waals surface area contributed by atoms with Crippen LogP contribution in [0.5, 0.6) is 0 Å². The predicted octanol–water partition coefficient (Wildman–Crippen LogP) is 1.97. The van der Waals surface area contributed by atoms with Crippen molar-refractivity contribution in [3.05, 3.63) is 36.3 Å². The normalized spacial score (nSPS) is 24.9. The van der Waals surface area contributed by atoms with E-state index in [1.54, 1.807) is 15.8 Å². The molecule has 1 amide bonds. The first-order valence-corrected chi connectivity index (χ1v) is 8.18. The lowest BCUT2D eigenvalue weighted by molar-refractivity contribution is -0.135. The van der Waals surface area contributed by atoms with Crippen molar-refractivity contribution in [1.29, 1.82) is 0 Å². The van der Waals surface area contributed by atoms with Gasteiger partial charge in [-0.25, -0.2) is 0 Å². The zero-order valence-electron chi connectivity index (χ0n) is 13.7. The Morgan fingerprint density at radius 3 is 2.74 bits per heavy atom. The van der Waals surface area contributed by atoms with Crippen LogP contribution in [0, 0.1) is 11.8 Å². The van der Waals surface area contributed by atoms with Crippen LogP contribution in [0.25, 0.3) is 0 Å². The van der Waals surface area contributed by atoms with Gasteiger partial charge in [-0.3, -0.25) is 9.48 Å². The third kappa shape index (κ3) is 2.91. The molecule has 3 rings (SSSR count). The van der Waals surface area contributed by atoms with Crippen LogP contribution >= 0.6 is 0 Å². The topological polar surface area (TPSA) is 76.2 Å². The van der Waals surface area contributed by atoms with Gasteiger partial charge in [-0.1, -0.05) is 13.2 Å². The zero-order valence-corrected chi connectivity index (χ0v) is 13.7. The number of aryl methyl sites for hydroxylation is 1. The summed E-state index contributed by atoms with van der Waals surface area (Å²) in [6, 6.07) is 0. The molecule has 2 aliphatic rings. The van der Waals surface area contributed by atoms with Gasteiger partial charge in [0.25, 0.3) is 0 Å². The number of nitrogens with zero attached hydrogens (tertiary/aromatic N) is 3. The average molecular weight is 315 g/mol. The second-order valence-electron chi connectivity index (χ2n) is 6.57. The Kier molecular flexibility index (Phi) is 4.26. The highest BCUT2D eigenvalue weighted by atomic mass is 16.2. The third-order valence-electron chi connectivity index (χ3n) is 5.08. The molecular weight excluding hydrogens is 290 g/mol. The van der Waals surface area contributed by atoms with Gasteiger partial charge in [0.2, 0.25) is 5.91 Å². The number of carbonyl (C=O) groups is 1. The van der Waals surface area contributed by atoms with Crippen LogP contribution in [0.4, 0.5) is 5.82 Å². The van der Waals surface area contributed by atoms with Crippen molar-refractivity contribution in [2.75, 3.05) is 11.9 Å². The van der Waals surface area contributed by atoms with Crippen LogP contribution < -0.4 is 11.1 Å². The molecule has 0 atom stereocenters. The van der Waals surface area contributed by atoms with Gasteiger partial charge in [0.15, 0.2) is 0 Å². The lowest BCUT2D eigenvalue weighted by Gasteiger charge is -2.32. The van der Waals surface area contributed by atoms with Crippen molar-refractivity contribution < 1.29 is 4.79 Å². The molecule has 124 valence electrons. The van der Waals surface area contributed by atoms with Crippen LogP contribution in [0.1, 0.15) is 31.2 Å². The summed E-state index contributed by atoms with van der Waals surface area (Å²) in [6.07, 6.45) is 5.67. The maximum Gasteiger partial charge on any atom is 0.230 e. The maximum atomic E-state index is 13.0. The Bertz CT molecular complexity index is 639. The van der Waals surface area contributed by atoms with E-state index >= 15 is 0 Å². The van der Waals surface area contributed by atoms with Crippen LogP contribution in [0.3, 0.4) is 0 Å². The SMILES string of the molecule is C=C1Nc2c(cnn2C)CN(C(=O)C2CCC(CN)CC2)C1=C. The highest BCUT2D eigenvalue weighted by molar-refractivity contribution is 5.82. The molecule has 0 radical (unpaired) electrons. The first kappa shape index (κ1) is 15.8. The van der Waals surface area contributed by atoms with Crippen LogP contribution in [-0.4, -0.2) is 27.1 Å². The fraction of sp³-hybridized carbons (Fsp3) is 0.529. The van der Waals surface area contributed by atoms with E-state index in [-0.39, 0.29) is 11.8 Å². The number of hydrogen-bond acceptors (Lipinski definition) is 4. The average Bonchev–Trinajstić information content (AvgIpc) is 2.85. The van der Waals surface area contributed by atoms with E-state index < -0.39 is 0 Å². The Balaban J connectivity index is 1.79. The van der Waals surface area contributed by atoms with Crippen molar-refractivity contribution >= 4 is 11.7 Å². The quantitative estimate of drug-likeness (QED) is 0.875. The second kappa shape index (κ2) is 6.20. The van der Waals surface area contributed by atoms with E-state index in [0.717, 1.165) is 43.6 Å². The third-order valence-corrected chi connectivity index (χ3v) is 5.08.